The lowest BCUT2D eigenvalue weighted by atomic mass is 10.0. The van der Waals surface area contributed by atoms with Gasteiger partial charge in [-0.05, 0) is 30.5 Å². The Kier molecular flexibility index (Phi) is 4.48. The van der Waals surface area contributed by atoms with Crippen molar-refractivity contribution in [1.82, 2.24) is 10.3 Å². The Bertz CT molecular complexity index is 408. The Hall–Kier alpha value is -1.67. The van der Waals surface area contributed by atoms with E-state index in [2.05, 4.69) is 60.5 Å². The number of benzene rings is 1. The van der Waals surface area contributed by atoms with Crippen LogP contribution in [-0.2, 0) is 0 Å². The van der Waals surface area contributed by atoms with E-state index in [1.54, 1.807) is 0 Å². The standard InChI is InChI=1S/C16H20N2/c1-13(15-8-4-3-5-9-15)12-18-14(2)16-10-6-7-11-17-16/h3-11,13-14,18H,12H2,1-2H3/t13?,14-/m1/s1. The maximum atomic E-state index is 4.37. The van der Waals surface area contributed by atoms with Crippen LogP contribution in [0, 0.1) is 0 Å². The molecule has 0 saturated heterocycles. The van der Waals surface area contributed by atoms with Crippen molar-refractivity contribution in [3.8, 4) is 0 Å². The molecule has 0 aliphatic rings. The molecule has 0 bridgehead atoms. The Morgan fingerprint density at radius 2 is 1.72 bits per heavy atom. The maximum Gasteiger partial charge on any atom is 0.0570 e. The van der Waals surface area contributed by atoms with Gasteiger partial charge in [0.1, 0.15) is 0 Å². The van der Waals surface area contributed by atoms with Crippen molar-refractivity contribution in [3.63, 3.8) is 0 Å². The molecule has 0 amide bonds. The van der Waals surface area contributed by atoms with Gasteiger partial charge >= 0.3 is 0 Å². The van der Waals surface area contributed by atoms with Gasteiger partial charge in [0.25, 0.3) is 0 Å². The molecule has 1 unspecified atom stereocenters. The number of hydrogen-bond acceptors (Lipinski definition) is 2. The lowest BCUT2D eigenvalue weighted by Crippen LogP contribution is -2.24. The molecule has 1 aromatic carbocycles. The molecule has 2 nitrogen and oxygen atoms in total. The summed E-state index contributed by atoms with van der Waals surface area (Å²) < 4.78 is 0. The third-order valence-corrected chi connectivity index (χ3v) is 3.23. The average molecular weight is 240 g/mol. The minimum Gasteiger partial charge on any atom is -0.308 e. The van der Waals surface area contributed by atoms with Crippen LogP contribution in [0.25, 0.3) is 0 Å². The van der Waals surface area contributed by atoms with Gasteiger partial charge in [0, 0.05) is 18.8 Å². The fourth-order valence-corrected chi connectivity index (χ4v) is 1.99. The molecule has 0 spiro atoms. The summed E-state index contributed by atoms with van der Waals surface area (Å²) in [6, 6.07) is 16.9. The zero-order valence-electron chi connectivity index (χ0n) is 11.0. The van der Waals surface area contributed by atoms with Gasteiger partial charge in [-0.1, -0.05) is 43.3 Å². The molecule has 1 aromatic heterocycles. The highest BCUT2D eigenvalue weighted by Gasteiger charge is 2.09. The Labute approximate surface area is 109 Å². The van der Waals surface area contributed by atoms with Crippen LogP contribution in [0.15, 0.2) is 54.7 Å². The summed E-state index contributed by atoms with van der Waals surface area (Å²) in [7, 11) is 0. The molecule has 18 heavy (non-hydrogen) atoms. The highest BCUT2D eigenvalue weighted by molar-refractivity contribution is 5.19. The molecule has 94 valence electrons. The summed E-state index contributed by atoms with van der Waals surface area (Å²) in [6.07, 6.45) is 1.84. The summed E-state index contributed by atoms with van der Waals surface area (Å²) in [4.78, 5) is 4.37. The zero-order chi connectivity index (χ0) is 12.8. The SMILES string of the molecule is CC(CN[C@H](C)c1ccccn1)c1ccccc1. The monoisotopic (exact) mass is 240 g/mol. The molecular formula is C16H20N2. The van der Waals surface area contributed by atoms with Crippen LogP contribution in [0.2, 0.25) is 0 Å². The van der Waals surface area contributed by atoms with E-state index in [0.717, 1.165) is 12.2 Å². The first-order chi connectivity index (χ1) is 8.77. The van der Waals surface area contributed by atoms with Crippen molar-refractivity contribution in [3.05, 3.63) is 66.0 Å². The van der Waals surface area contributed by atoms with Gasteiger partial charge in [0.05, 0.1) is 5.69 Å². The lowest BCUT2D eigenvalue weighted by Gasteiger charge is -2.17. The number of aromatic nitrogens is 1. The van der Waals surface area contributed by atoms with Crippen LogP contribution in [0.4, 0.5) is 0 Å². The predicted octanol–water partition coefficient (Wildman–Crippen LogP) is 3.54. The van der Waals surface area contributed by atoms with Gasteiger partial charge in [-0.25, -0.2) is 0 Å². The van der Waals surface area contributed by atoms with Crippen LogP contribution in [-0.4, -0.2) is 11.5 Å². The number of rotatable bonds is 5. The Morgan fingerprint density at radius 3 is 2.39 bits per heavy atom. The topological polar surface area (TPSA) is 24.9 Å². The third kappa shape index (κ3) is 3.41. The second-order valence-electron chi connectivity index (χ2n) is 4.70. The van der Waals surface area contributed by atoms with Crippen molar-refractivity contribution in [2.75, 3.05) is 6.54 Å². The van der Waals surface area contributed by atoms with E-state index >= 15 is 0 Å². The Morgan fingerprint density at radius 1 is 1.00 bits per heavy atom. The highest BCUT2D eigenvalue weighted by atomic mass is 14.9. The molecular weight excluding hydrogens is 220 g/mol. The molecule has 1 N–H and O–H groups in total. The summed E-state index contributed by atoms with van der Waals surface area (Å²) in [5.41, 5.74) is 2.47. The van der Waals surface area contributed by atoms with Crippen molar-refractivity contribution in [2.24, 2.45) is 0 Å². The van der Waals surface area contributed by atoms with Gasteiger partial charge in [-0.3, -0.25) is 4.98 Å². The van der Waals surface area contributed by atoms with Gasteiger partial charge in [-0.15, -0.1) is 0 Å². The summed E-state index contributed by atoms with van der Waals surface area (Å²) >= 11 is 0. The van der Waals surface area contributed by atoms with E-state index in [0.29, 0.717) is 5.92 Å². The molecule has 2 aromatic rings. The molecule has 0 radical (unpaired) electrons. The Balaban J connectivity index is 1.89. The van der Waals surface area contributed by atoms with Crippen LogP contribution in [0.5, 0.6) is 0 Å². The lowest BCUT2D eigenvalue weighted by molar-refractivity contribution is 0.528. The predicted molar refractivity (Wildman–Crippen MR) is 75.5 cm³/mol. The van der Waals surface area contributed by atoms with Crippen LogP contribution in [0.1, 0.15) is 37.1 Å². The maximum absolute atomic E-state index is 4.37. The van der Waals surface area contributed by atoms with E-state index in [1.807, 2.05) is 18.3 Å². The largest absolute Gasteiger partial charge is 0.308 e. The second-order valence-corrected chi connectivity index (χ2v) is 4.70. The van der Waals surface area contributed by atoms with Gasteiger partial charge < -0.3 is 5.32 Å². The molecule has 0 aliphatic heterocycles. The molecule has 0 aliphatic carbocycles. The van der Waals surface area contributed by atoms with E-state index < -0.39 is 0 Å². The minimum absolute atomic E-state index is 0.289. The normalized spacial score (nSPS) is 14.1. The quantitative estimate of drug-likeness (QED) is 0.864. The summed E-state index contributed by atoms with van der Waals surface area (Å²) in [5.74, 6) is 0.511. The van der Waals surface area contributed by atoms with E-state index in [1.165, 1.54) is 5.56 Å². The second kappa shape index (κ2) is 6.31. The van der Waals surface area contributed by atoms with Crippen LogP contribution in [0.3, 0.4) is 0 Å². The van der Waals surface area contributed by atoms with Crippen LogP contribution >= 0.6 is 0 Å². The van der Waals surface area contributed by atoms with Crippen LogP contribution < -0.4 is 5.32 Å². The smallest absolute Gasteiger partial charge is 0.0570 e. The molecule has 0 saturated carbocycles. The third-order valence-electron chi connectivity index (χ3n) is 3.23. The molecule has 2 heteroatoms. The van der Waals surface area contributed by atoms with Crippen molar-refractivity contribution in [2.45, 2.75) is 25.8 Å². The first-order valence-electron chi connectivity index (χ1n) is 6.46. The summed E-state index contributed by atoms with van der Waals surface area (Å²) in [5, 5.41) is 3.53. The molecule has 1 heterocycles. The van der Waals surface area contributed by atoms with Gasteiger partial charge in [-0.2, -0.15) is 0 Å². The minimum atomic E-state index is 0.289. The van der Waals surface area contributed by atoms with Crippen molar-refractivity contribution < 1.29 is 0 Å². The van der Waals surface area contributed by atoms with E-state index in [9.17, 15) is 0 Å². The molecule has 2 atom stereocenters. The van der Waals surface area contributed by atoms with E-state index in [4.69, 9.17) is 0 Å². The van der Waals surface area contributed by atoms with Crippen molar-refractivity contribution in [1.29, 1.82) is 0 Å². The first-order valence-corrected chi connectivity index (χ1v) is 6.46. The zero-order valence-corrected chi connectivity index (χ0v) is 11.0. The first kappa shape index (κ1) is 12.8. The average Bonchev–Trinajstić information content (AvgIpc) is 2.46. The van der Waals surface area contributed by atoms with Gasteiger partial charge in [0.2, 0.25) is 0 Å². The molecule has 2 rings (SSSR count). The number of pyridine rings is 1. The van der Waals surface area contributed by atoms with Crippen molar-refractivity contribution >= 4 is 0 Å². The fraction of sp³-hybridized carbons (Fsp3) is 0.312. The number of hydrogen-bond donors (Lipinski definition) is 1. The van der Waals surface area contributed by atoms with E-state index in [-0.39, 0.29) is 6.04 Å². The summed E-state index contributed by atoms with van der Waals surface area (Å²) in [6.45, 7) is 5.36. The number of nitrogens with one attached hydrogen (secondary N) is 1. The number of nitrogens with zero attached hydrogens (tertiary/aromatic N) is 1. The van der Waals surface area contributed by atoms with Gasteiger partial charge in [0.15, 0.2) is 0 Å². The fourth-order valence-electron chi connectivity index (χ4n) is 1.99. The highest BCUT2D eigenvalue weighted by Crippen LogP contribution is 2.15. The molecule has 0 fully saturated rings.